The summed E-state index contributed by atoms with van der Waals surface area (Å²) < 4.78 is 68.4. The van der Waals surface area contributed by atoms with E-state index < -0.39 is 178 Å². The van der Waals surface area contributed by atoms with Gasteiger partial charge in [-0.1, -0.05) is 85.8 Å². The van der Waals surface area contributed by atoms with Gasteiger partial charge in [-0.25, -0.2) is 19.0 Å². The summed E-state index contributed by atoms with van der Waals surface area (Å²) in [4.78, 5) is 164. The zero-order valence-electron chi connectivity index (χ0n) is 56.8. The maximum Gasteiger partial charge on any atom is 0.407 e. The van der Waals surface area contributed by atoms with Crippen molar-refractivity contribution >= 4 is 76.4 Å². The van der Waals surface area contributed by atoms with Crippen LogP contribution >= 0.6 is 0 Å². The Bertz CT molecular complexity index is 4410. The van der Waals surface area contributed by atoms with Crippen molar-refractivity contribution in [2.45, 2.75) is 141 Å². The number of nitrogens with zero attached hydrogens (tertiary/aromatic N) is 2. The molecule has 6 amide bonds. The minimum atomic E-state index is -2.18. The van der Waals surface area contributed by atoms with Crippen molar-refractivity contribution in [3.63, 3.8) is 0 Å². The summed E-state index contributed by atoms with van der Waals surface area (Å²) in [7, 11) is 0. The molecule has 6 aromatic rings. The summed E-state index contributed by atoms with van der Waals surface area (Å²) in [6.45, 7) is 2.53. The Morgan fingerprint density at radius 1 is 0.718 bits per heavy atom. The number of benzene rings is 4. The summed E-state index contributed by atoms with van der Waals surface area (Å²) >= 11 is 0. The average molecular weight is 1420 g/mol. The van der Waals surface area contributed by atoms with Crippen molar-refractivity contribution in [2.75, 3.05) is 46.2 Å². The molecule has 103 heavy (non-hydrogen) atoms. The summed E-state index contributed by atoms with van der Waals surface area (Å²) in [5.41, 5.74) is 4.23. The van der Waals surface area contributed by atoms with Gasteiger partial charge in [0.15, 0.2) is 36.3 Å². The van der Waals surface area contributed by atoms with Crippen LogP contribution in [0, 0.1) is 12.7 Å². The quantitative estimate of drug-likeness (QED) is 0.0233. The summed E-state index contributed by atoms with van der Waals surface area (Å²) in [6, 6.07) is 24.5. The number of hydrogen-bond donors (Lipinski definition) is 7. The highest BCUT2D eigenvalue weighted by molar-refractivity contribution is 5.95. The predicted octanol–water partition coefficient (Wildman–Crippen LogP) is 2.69. The molecule has 30 nitrogen and oxygen atoms in total. The van der Waals surface area contributed by atoms with Crippen LogP contribution in [0.15, 0.2) is 95.8 Å². The molecule has 31 heteroatoms. The van der Waals surface area contributed by atoms with Crippen LogP contribution in [-0.2, 0) is 122 Å². The zero-order chi connectivity index (χ0) is 73.6. The highest BCUT2D eigenvalue weighted by Gasteiger charge is 2.54. The van der Waals surface area contributed by atoms with Gasteiger partial charge in [0.2, 0.25) is 23.6 Å². The molecule has 5 aliphatic rings. The van der Waals surface area contributed by atoms with Gasteiger partial charge in [-0.05, 0) is 76.8 Å². The van der Waals surface area contributed by atoms with Gasteiger partial charge in [-0.3, -0.25) is 47.9 Å². The molecule has 0 radical (unpaired) electrons. The smallest absolute Gasteiger partial charge is 0.407 e. The second-order valence-corrected chi connectivity index (χ2v) is 25.2. The molecule has 0 spiro atoms. The topological polar surface area (TPSA) is 398 Å². The number of aliphatic hydroxyl groups is 1. The lowest BCUT2D eigenvalue weighted by Crippen LogP contribution is -2.63. The number of alkyl carbamates (subject to hydrolysis) is 1. The first-order valence-corrected chi connectivity index (χ1v) is 33.2. The van der Waals surface area contributed by atoms with Crippen LogP contribution in [0.25, 0.3) is 33.4 Å². The minimum absolute atomic E-state index is 0.00255. The number of rotatable bonds is 26. The highest BCUT2D eigenvalue weighted by atomic mass is 19.1. The van der Waals surface area contributed by atoms with Crippen LogP contribution in [-0.4, -0.2) is 169 Å². The SMILES string of the molecule is CC[C@@]1(O)C(=O)OCc2c1cc1n(c2=O)Cc2c-1nc1cc(F)c(C)c3c1c2[C@@H](NC(=O)[C@@H](CO[C@@H]1O[C@H](COC(C)=O)[C@H](OC(C)=O)[C@H](OC(C)=O)[C@H]1OC(C)=O)OCNC(=O)CNC(=O)[C@H](Cc1ccccc1)NC(=O)CNC(=O)CNC(=O)OCC1c2ccccc2-c2ccccc21)CC3. The normalized spacial score (nSPS) is 20.1. The molecule has 0 bridgehead atoms. The average Bonchev–Trinajstić information content (AvgIpc) is 1.59. The monoisotopic (exact) mass is 1420 g/mol. The molecule has 4 aromatic carbocycles. The summed E-state index contributed by atoms with van der Waals surface area (Å²) in [5.74, 6) is -9.60. The standard InChI is InChI=1S/C72H75FN8O22/c1-7-72(94)49-24-54-62-46(29-81(54)68(91)48(49)31-97-70(72)92)61-51(22-21-41-35(2)50(73)25-52(79-62)60(41)61)80-67(90)56(33-96-69-65(102-39(6)85)64(101-38(5)84)63(100-37(4)83)55(103-69)32-95-36(3)82)99-34-77-58(87)26-75-66(89)53(23-40-15-9-8-10-16-40)78-59(88)28-74-57(86)27-76-71(93)98-30-47-44-19-13-11-17-42(44)43-18-12-14-20-45(43)47/h8-20,24-25,47,51,53,55-56,63-65,69,94H,7,21-23,26-34H2,1-6H3,(H,74,86)(H,75,89)(H,76,93)(H,77,87)(H,78,88)(H,80,90)/t51-,53-,55+,56+,63-,64-,65+,69+,72-/m0/s1. The Morgan fingerprint density at radius 2 is 1.36 bits per heavy atom. The van der Waals surface area contributed by atoms with Crippen LogP contribution in [0.3, 0.4) is 0 Å². The van der Waals surface area contributed by atoms with Gasteiger partial charge in [0.1, 0.15) is 51.1 Å². The third-order valence-electron chi connectivity index (χ3n) is 18.4. The van der Waals surface area contributed by atoms with Gasteiger partial charge < -0.3 is 84.2 Å². The summed E-state index contributed by atoms with van der Waals surface area (Å²) in [6.07, 6.45) is -10.9. The molecule has 3 aliphatic heterocycles. The molecule has 5 heterocycles. The van der Waals surface area contributed by atoms with Gasteiger partial charge >= 0.3 is 35.9 Å². The number of hydrogen-bond acceptors (Lipinski definition) is 23. The van der Waals surface area contributed by atoms with Crippen LogP contribution in [0.2, 0.25) is 0 Å². The van der Waals surface area contributed by atoms with Gasteiger partial charge in [0.05, 0.1) is 54.8 Å². The van der Waals surface area contributed by atoms with Crippen molar-refractivity contribution in [2.24, 2.45) is 0 Å². The van der Waals surface area contributed by atoms with E-state index in [1.807, 2.05) is 48.5 Å². The number of fused-ring (bicyclic) bond motifs is 8. The molecule has 1 saturated heterocycles. The van der Waals surface area contributed by atoms with E-state index in [9.17, 15) is 57.8 Å². The Labute approximate surface area is 587 Å². The van der Waals surface area contributed by atoms with E-state index >= 15 is 9.18 Å². The Morgan fingerprint density at radius 3 is 2.04 bits per heavy atom. The summed E-state index contributed by atoms with van der Waals surface area (Å²) in [5, 5.41) is 27.4. The number of esters is 5. The second kappa shape index (κ2) is 31.5. The van der Waals surface area contributed by atoms with Gasteiger partial charge in [-0.15, -0.1) is 0 Å². The number of cyclic esters (lactones) is 1. The van der Waals surface area contributed by atoms with E-state index in [4.69, 9.17) is 47.6 Å². The van der Waals surface area contributed by atoms with E-state index in [1.54, 1.807) is 44.2 Å². The van der Waals surface area contributed by atoms with E-state index in [0.717, 1.165) is 49.9 Å². The fourth-order valence-electron chi connectivity index (χ4n) is 13.6. The predicted molar refractivity (Wildman–Crippen MR) is 355 cm³/mol. The van der Waals surface area contributed by atoms with Crippen molar-refractivity contribution in [1.82, 2.24) is 41.5 Å². The Hall–Kier alpha value is -11.0. The number of carbonyl (C=O) groups is 11. The first-order chi connectivity index (χ1) is 49.3. The highest BCUT2D eigenvalue weighted by Crippen LogP contribution is 2.47. The lowest BCUT2D eigenvalue weighted by atomic mass is 9.81. The first kappa shape index (κ1) is 73.2. The maximum atomic E-state index is 15.9. The molecule has 2 aliphatic carbocycles. The zero-order valence-corrected chi connectivity index (χ0v) is 56.8. The fourth-order valence-corrected chi connectivity index (χ4v) is 13.6. The number of nitrogens with one attached hydrogen (secondary N) is 6. The number of amides is 6. The number of aromatic nitrogens is 2. The fraction of sp³-hybridized carbons (Fsp3) is 0.403. The molecule has 542 valence electrons. The van der Waals surface area contributed by atoms with Crippen molar-refractivity contribution in [3.05, 3.63) is 157 Å². The van der Waals surface area contributed by atoms with Crippen molar-refractivity contribution in [1.29, 1.82) is 0 Å². The van der Waals surface area contributed by atoms with Crippen LogP contribution < -0.4 is 37.5 Å². The van der Waals surface area contributed by atoms with Gasteiger partial charge in [-0.2, -0.15) is 0 Å². The van der Waals surface area contributed by atoms with Gasteiger partial charge in [0.25, 0.3) is 11.5 Å². The molecule has 9 atom stereocenters. The van der Waals surface area contributed by atoms with E-state index in [1.165, 1.54) is 16.7 Å². The number of pyridine rings is 2. The van der Waals surface area contributed by atoms with Crippen LogP contribution in [0.5, 0.6) is 0 Å². The molecule has 2 aromatic heterocycles. The van der Waals surface area contributed by atoms with Crippen LogP contribution in [0.4, 0.5) is 9.18 Å². The molecule has 0 saturated carbocycles. The van der Waals surface area contributed by atoms with Crippen molar-refractivity contribution in [3.8, 4) is 22.5 Å². The molecular weight excluding hydrogens is 1350 g/mol. The van der Waals surface area contributed by atoms with Gasteiger partial charge in [0, 0.05) is 62.6 Å². The molecule has 11 rings (SSSR count). The number of ether oxygens (including phenoxy) is 9. The van der Waals surface area contributed by atoms with Crippen molar-refractivity contribution < 1.29 is 105 Å². The maximum absolute atomic E-state index is 15.9. The molecular formula is C72H75FN8O22. The van der Waals surface area contributed by atoms with E-state index in [-0.39, 0.29) is 72.8 Å². The third kappa shape index (κ3) is 16.0. The number of halogens is 1. The number of aryl methyl sites for hydroxylation is 1. The van der Waals surface area contributed by atoms with E-state index in [0.29, 0.717) is 33.2 Å². The van der Waals surface area contributed by atoms with E-state index in [2.05, 4.69) is 31.9 Å². The Balaban J connectivity index is 0.793. The first-order valence-electron chi connectivity index (χ1n) is 33.2. The molecule has 1 fully saturated rings. The second-order valence-electron chi connectivity index (χ2n) is 25.2. The van der Waals surface area contributed by atoms with Crippen LogP contribution in [0.1, 0.15) is 109 Å². The number of carbonyl (C=O) groups excluding carboxylic acids is 11. The Kier molecular flexibility index (Phi) is 22.4. The third-order valence-corrected chi connectivity index (χ3v) is 18.4. The lowest BCUT2D eigenvalue weighted by Gasteiger charge is -2.44. The molecule has 0 unspecified atom stereocenters. The lowest BCUT2D eigenvalue weighted by molar-refractivity contribution is -0.311. The largest absolute Gasteiger partial charge is 0.463 e. The minimum Gasteiger partial charge on any atom is -0.463 e. The molecule has 7 N–H and O–H groups in total.